The average molecular weight is 548 g/mol. The predicted octanol–water partition coefficient (Wildman–Crippen LogP) is 1.62. The van der Waals surface area contributed by atoms with Gasteiger partial charge in [-0.25, -0.2) is 9.59 Å². The van der Waals surface area contributed by atoms with Crippen LogP contribution in [0.15, 0.2) is 12.7 Å². The number of carbonyl (C=O) groups excluding carboxylic acids is 5. The Morgan fingerprint density at radius 3 is 2.21 bits per heavy atom. The molecule has 3 fully saturated rings. The Morgan fingerprint density at radius 1 is 1.00 bits per heavy atom. The van der Waals surface area contributed by atoms with E-state index in [1.807, 2.05) is 20.8 Å². The fourth-order valence-corrected chi connectivity index (χ4v) is 5.90. The summed E-state index contributed by atoms with van der Waals surface area (Å²) in [4.78, 5) is 66.7. The minimum Gasteiger partial charge on any atom is -0.467 e. The Bertz CT molecular complexity index is 972. The lowest BCUT2D eigenvalue weighted by molar-refractivity contribution is -0.144. The van der Waals surface area contributed by atoms with Crippen LogP contribution in [0.3, 0.4) is 0 Å². The van der Waals surface area contributed by atoms with Gasteiger partial charge in [-0.1, -0.05) is 46.1 Å². The molecule has 0 aromatic rings. The lowest BCUT2D eigenvalue weighted by Crippen LogP contribution is -2.61. The summed E-state index contributed by atoms with van der Waals surface area (Å²) in [6.45, 7) is 9.59. The van der Waals surface area contributed by atoms with E-state index in [4.69, 9.17) is 4.74 Å². The van der Waals surface area contributed by atoms with Crippen molar-refractivity contribution in [1.82, 2.24) is 26.2 Å². The zero-order chi connectivity index (χ0) is 29.0. The van der Waals surface area contributed by atoms with Gasteiger partial charge in [0.05, 0.1) is 7.11 Å². The summed E-state index contributed by atoms with van der Waals surface area (Å²) in [6, 6.07) is -2.94. The number of likely N-dealkylation sites (N-methyl/N-ethyl adjacent to an activating group) is 1. The van der Waals surface area contributed by atoms with Gasteiger partial charge in [-0.2, -0.15) is 0 Å². The summed E-state index contributed by atoms with van der Waals surface area (Å²) < 4.78 is 4.89. The first-order valence-corrected chi connectivity index (χ1v) is 14.0. The minimum atomic E-state index is -1.17. The minimum absolute atomic E-state index is 0.0388. The van der Waals surface area contributed by atoms with Crippen molar-refractivity contribution < 1.29 is 28.7 Å². The zero-order valence-corrected chi connectivity index (χ0v) is 23.9. The molecule has 2 saturated carbocycles. The highest BCUT2D eigenvalue weighted by Gasteiger charge is 2.61. The number of methoxy groups -OCH3 is 1. The molecule has 0 radical (unpaired) electrons. The summed E-state index contributed by atoms with van der Waals surface area (Å²) in [6.07, 6.45) is 7.89. The number of amides is 5. The van der Waals surface area contributed by atoms with E-state index in [9.17, 15) is 24.0 Å². The highest BCUT2D eigenvalue weighted by Crippen LogP contribution is 2.45. The van der Waals surface area contributed by atoms with Crippen LogP contribution in [0.4, 0.5) is 4.79 Å². The Balaban J connectivity index is 1.72. The number of rotatable bonds is 9. The van der Waals surface area contributed by atoms with E-state index in [0.717, 1.165) is 32.1 Å². The topological polar surface area (TPSA) is 146 Å². The normalized spacial score (nSPS) is 26.5. The van der Waals surface area contributed by atoms with Crippen LogP contribution >= 0.6 is 0 Å². The van der Waals surface area contributed by atoms with Crippen molar-refractivity contribution in [1.29, 1.82) is 0 Å². The smallest absolute Gasteiger partial charge is 0.332 e. The van der Waals surface area contributed by atoms with Crippen molar-refractivity contribution in [3.05, 3.63) is 12.7 Å². The third-order valence-corrected chi connectivity index (χ3v) is 8.36. The molecule has 39 heavy (non-hydrogen) atoms. The third-order valence-electron chi connectivity index (χ3n) is 8.36. The number of ether oxygens (including phenoxy) is 1. The first-order chi connectivity index (χ1) is 18.4. The predicted molar refractivity (Wildman–Crippen MR) is 145 cm³/mol. The van der Waals surface area contributed by atoms with Crippen LogP contribution in [0.25, 0.3) is 0 Å². The van der Waals surface area contributed by atoms with Crippen molar-refractivity contribution in [2.75, 3.05) is 20.7 Å². The van der Waals surface area contributed by atoms with Crippen LogP contribution < -0.4 is 21.3 Å². The molecule has 1 aliphatic heterocycles. The van der Waals surface area contributed by atoms with Gasteiger partial charge >= 0.3 is 12.0 Å². The van der Waals surface area contributed by atoms with Crippen molar-refractivity contribution >= 4 is 29.7 Å². The number of nitrogens with one attached hydrogen (secondary N) is 4. The number of hydrogen-bond acceptors (Lipinski definition) is 6. The number of hydrogen-bond donors (Lipinski definition) is 4. The third kappa shape index (κ3) is 6.73. The molecule has 11 nitrogen and oxygen atoms in total. The SMILES string of the molecule is C=CC1CC1(NC(=O)N1CCC[C@H]1C(=O)N[C@H](C(=O)N[C@H](C(=O)NC)C1CCCCC1)C(C)(C)C)C(=O)OC. The van der Waals surface area contributed by atoms with Crippen LogP contribution in [-0.4, -0.2) is 79.0 Å². The molecule has 0 spiro atoms. The van der Waals surface area contributed by atoms with Crippen LogP contribution in [0, 0.1) is 17.3 Å². The molecule has 218 valence electrons. The maximum atomic E-state index is 13.5. The summed E-state index contributed by atoms with van der Waals surface area (Å²) >= 11 is 0. The highest BCUT2D eigenvalue weighted by molar-refractivity contribution is 5.96. The Kier molecular flexibility index (Phi) is 9.66. The van der Waals surface area contributed by atoms with E-state index in [1.54, 1.807) is 13.1 Å². The standard InChI is InChI=1S/C28H45N5O6/c1-7-18-16-28(18,25(37)39-6)32-26(38)33-15-11-14-19(33)22(34)31-21(27(2,3)4)24(36)30-20(23(35)29-5)17-12-9-8-10-13-17/h7,17-21H,1,8-16H2,2-6H3,(H,29,35)(H,30,36)(H,31,34)(H,32,38)/t18?,19-,20-,21+,28?/m0/s1. The molecular weight excluding hydrogens is 502 g/mol. The number of carbonyl (C=O) groups is 5. The van der Waals surface area contributed by atoms with Gasteiger partial charge in [-0.05, 0) is 43.4 Å². The van der Waals surface area contributed by atoms with Gasteiger partial charge in [-0.3, -0.25) is 14.4 Å². The van der Waals surface area contributed by atoms with Crippen LogP contribution in [0.1, 0.15) is 72.1 Å². The van der Waals surface area contributed by atoms with E-state index >= 15 is 0 Å². The molecule has 3 rings (SSSR count). The largest absolute Gasteiger partial charge is 0.467 e. The number of likely N-dealkylation sites (tertiary alicyclic amines) is 1. The first kappa shape index (κ1) is 30.4. The monoisotopic (exact) mass is 547 g/mol. The number of urea groups is 1. The summed E-state index contributed by atoms with van der Waals surface area (Å²) in [5.74, 6) is -1.87. The second-order valence-electron chi connectivity index (χ2n) is 12.1. The molecule has 0 bridgehead atoms. The van der Waals surface area contributed by atoms with Crippen LogP contribution in [0.2, 0.25) is 0 Å². The molecule has 2 unspecified atom stereocenters. The van der Waals surface area contributed by atoms with Crippen molar-refractivity contribution in [3.8, 4) is 0 Å². The van der Waals surface area contributed by atoms with E-state index in [2.05, 4.69) is 27.8 Å². The van der Waals surface area contributed by atoms with Gasteiger partial charge in [0.1, 0.15) is 23.7 Å². The molecule has 5 atom stereocenters. The molecule has 5 amide bonds. The Labute approximate surface area is 231 Å². The molecule has 1 saturated heterocycles. The van der Waals surface area contributed by atoms with Gasteiger partial charge in [0.15, 0.2) is 0 Å². The molecule has 11 heteroatoms. The fraction of sp³-hybridized carbons (Fsp3) is 0.750. The fourth-order valence-electron chi connectivity index (χ4n) is 5.90. The number of nitrogens with zero attached hydrogens (tertiary/aromatic N) is 1. The molecule has 3 aliphatic rings. The second kappa shape index (κ2) is 12.4. The van der Waals surface area contributed by atoms with E-state index in [-0.39, 0.29) is 17.7 Å². The lowest BCUT2D eigenvalue weighted by atomic mass is 9.82. The molecule has 0 aromatic heterocycles. The number of esters is 1. The van der Waals surface area contributed by atoms with Crippen molar-refractivity contribution in [2.24, 2.45) is 17.3 Å². The maximum Gasteiger partial charge on any atom is 0.332 e. The average Bonchev–Trinajstić information content (AvgIpc) is 3.39. The maximum absolute atomic E-state index is 13.5. The summed E-state index contributed by atoms with van der Waals surface area (Å²) in [5.41, 5.74) is -1.83. The van der Waals surface area contributed by atoms with Gasteiger partial charge in [0.2, 0.25) is 17.7 Å². The Morgan fingerprint density at radius 2 is 1.67 bits per heavy atom. The highest BCUT2D eigenvalue weighted by atomic mass is 16.5. The van der Waals surface area contributed by atoms with Crippen LogP contribution in [-0.2, 0) is 23.9 Å². The van der Waals surface area contributed by atoms with E-state index < -0.39 is 52.9 Å². The lowest BCUT2D eigenvalue weighted by Gasteiger charge is -2.35. The van der Waals surface area contributed by atoms with E-state index in [1.165, 1.54) is 12.0 Å². The molecule has 1 heterocycles. The molecule has 4 N–H and O–H groups in total. The van der Waals surface area contributed by atoms with Gasteiger partial charge in [0.25, 0.3) is 0 Å². The zero-order valence-electron chi connectivity index (χ0n) is 23.9. The molecular formula is C28H45N5O6. The van der Waals surface area contributed by atoms with Crippen LogP contribution in [0.5, 0.6) is 0 Å². The molecule has 2 aliphatic carbocycles. The quantitative estimate of drug-likeness (QED) is 0.255. The van der Waals surface area contributed by atoms with Gasteiger partial charge in [-0.15, -0.1) is 6.58 Å². The van der Waals surface area contributed by atoms with Gasteiger partial charge in [0, 0.05) is 19.5 Å². The van der Waals surface area contributed by atoms with Crippen molar-refractivity contribution in [3.63, 3.8) is 0 Å². The summed E-state index contributed by atoms with van der Waals surface area (Å²) in [5, 5.41) is 11.2. The Hall–Kier alpha value is -3.11. The molecule has 0 aromatic carbocycles. The van der Waals surface area contributed by atoms with E-state index in [0.29, 0.717) is 25.8 Å². The van der Waals surface area contributed by atoms with Gasteiger partial charge < -0.3 is 30.9 Å². The summed E-state index contributed by atoms with van der Waals surface area (Å²) in [7, 11) is 2.82. The van der Waals surface area contributed by atoms with Crippen molar-refractivity contribution in [2.45, 2.75) is 95.8 Å². The second-order valence-corrected chi connectivity index (χ2v) is 12.1. The first-order valence-electron chi connectivity index (χ1n) is 14.0.